The molecule has 2 rings (SSSR count). The second-order valence-electron chi connectivity index (χ2n) is 6.56. The van der Waals surface area contributed by atoms with E-state index in [0.29, 0.717) is 12.8 Å². The van der Waals surface area contributed by atoms with E-state index >= 15 is 0 Å². The van der Waals surface area contributed by atoms with E-state index in [1.165, 1.54) is 0 Å². The van der Waals surface area contributed by atoms with Gasteiger partial charge >= 0.3 is 0 Å². The highest BCUT2D eigenvalue weighted by atomic mass is 19.3. The molecule has 0 aromatic rings. The van der Waals surface area contributed by atoms with Gasteiger partial charge in [0.1, 0.15) is 0 Å². The van der Waals surface area contributed by atoms with E-state index in [0.717, 1.165) is 6.42 Å². The molecule has 0 spiro atoms. The zero-order valence-electron chi connectivity index (χ0n) is 10.0. The van der Waals surface area contributed by atoms with Crippen molar-refractivity contribution >= 4 is 0 Å². The number of rotatable bonds is 1. The molecule has 0 radical (unpaired) electrons. The maximum Gasteiger partial charge on any atom is 0.250 e. The molecule has 2 saturated carbocycles. The average Bonchev–Trinajstić information content (AvgIpc) is 2.53. The zero-order chi connectivity index (χ0) is 12.2. The van der Waals surface area contributed by atoms with Crippen molar-refractivity contribution in [3.63, 3.8) is 0 Å². The number of nitrogens with two attached hydrogens (primary N) is 1. The lowest BCUT2D eigenvalue weighted by Gasteiger charge is -2.40. The van der Waals surface area contributed by atoms with E-state index in [4.69, 9.17) is 5.73 Å². The Balaban J connectivity index is 2.19. The fourth-order valence-corrected chi connectivity index (χ4v) is 3.38. The molecular formula is C12H21F2NO. The molecule has 0 saturated heterocycles. The summed E-state index contributed by atoms with van der Waals surface area (Å²) in [5.41, 5.74) is 3.88. The Labute approximate surface area is 95.2 Å². The third kappa shape index (κ3) is 1.86. The Bertz CT molecular complexity index is 275. The minimum absolute atomic E-state index is 0.0129. The van der Waals surface area contributed by atoms with Gasteiger partial charge in [-0.1, -0.05) is 13.8 Å². The second-order valence-corrected chi connectivity index (χ2v) is 6.56. The quantitative estimate of drug-likeness (QED) is 0.730. The number of hydrogen-bond acceptors (Lipinski definition) is 2. The van der Waals surface area contributed by atoms with Gasteiger partial charge in [0.25, 0.3) is 0 Å². The van der Waals surface area contributed by atoms with Crippen LogP contribution in [0, 0.1) is 5.41 Å². The van der Waals surface area contributed by atoms with E-state index in [2.05, 4.69) is 13.8 Å². The largest absolute Gasteiger partial charge is 0.388 e. The normalized spacial score (nSPS) is 46.1. The standard InChI is InChI=1S/C12H21F2NO/c1-9(2)3-5-11(16,7-9)10(15)4-6-12(13,14)8-10/h16H,3-8,15H2,1-2H3. The van der Waals surface area contributed by atoms with Crippen molar-refractivity contribution in [2.24, 2.45) is 11.1 Å². The Kier molecular flexibility index (Phi) is 2.42. The summed E-state index contributed by atoms with van der Waals surface area (Å²) in [7, 11) is 0. The van der Waals surface area contributed by atoms with Crippen LogP contribution in [0.1, 0.15) is 52.4 Å². The van der Waals surface area contributed by atoms with Crippen LogP contribution in [0.15, 0.2) is 0 Å². The summed E-state index contributed by atoms with van der Waals surface area (Å²) in [6.45, 7) is 4.11. The van der Waals surface area contributed by atoms with Crippen LogP contribution in [0.2, 0.25) is 0 Å². The summed E-state index contributed by atoms with van der Waals surface area (Å²) in [5, 5.41) is 10.6. The molecule has 0 amide bonds. The van der Waals surface area contributed by atoms with Crippen LogP contribution in [-0.4, -0.2) is 22.2 Å². The van der Waals surface area contributed by atoms with E-state index in [9.17, 15) is 13.9 Å². The van der Waals surface area contributed by atoms with Crippen LogP contribution in [0.4, 0.5) is 8.78 Å². The predicted octanol–water partition coefficient (Wildman–Crippen LogP) is 2.44. The van der Waals surface area contributed by atoms with Crippen molar-refractivity contribution < 1.29 is 13.9 Å². The molecule has 2 unspecified atom stereocenters. The minimum atomic E-state index is -2.70. The van der Waals surface area contributed by atoms with Crippen molar-refractivity contribution in [3.8, 4) is 0 Å². The third-order valence-electron chi connectivity index (χ3n) is 4.42. The first-order valence-electron chi connectivity index (χ1n) is 5.97. The summed E-state index contributed by atoms with van der Waals surface area (Å²) < 4.78 is 26.5. The van der Waals surface area contributed by atoms with Crippen LogP contribution in [0.5, 0.6) is 0 Å². The molecule has 94 valence electrons. The van der Waals surface area contributed by atoms with Gasteiger partial charge in [-0.25, -0.2) is 8.78 Å². The fourth-order valence-electron chi connectivity index (χ4n) is 3.38. The molecule has 2 nitrogen and oxygen atoms in total. The van der Waals surface area contributed by atoms with Crippen molar-refractivity contribution in [1.29, 1.82) is 0 Å². The van der Waals surface area contributed by atoms with Crippen LogP contribution in [-0.2, 0) is 0 Å². The van der Waals surface area contributed by atoms with Gasteiger partial charge in [0.15, 0.2) is 0 Å². The lowest BCUT2D eigenvalue weighted by molar-refractivity contribution is -0.0594. The topological polar surface area (TPSA) is 46.2 Å². The molecule has 0 aromatic heterocycles. The number of halogens is 2. The number of hydrogen-bond donors (Lipinski definition) is 2. The third-order valence-corrected chi connectivity index (χ3v) is 4.42. The number of aliphatic hydroxyl groups is 1. The number of alkyl halides is 2. The minimum Gasteiger partial charge on any atom is -0.388 e. The highest BCUT2D eigenvalue weighted by Crippen LogP contribution is 2.54. The fraction of sp³-hybridized carbons (Fsp3) is 1.00. The molecule has 16 heavy (non-hydrogen) atoms. The highest BCUT2D eigenvalue weighted by molar-refractivity contribution is 5.14. The van der Waals surface area contributed by atoms with E-state index in [1.807, 2.05) is 0 Å². The van der Waals surface area contributed by atoms with Gasteiger partial charge in [-0.05, 0) is 31.1 Å². The molecule has 0 aromatic carbocycles. The van der Waals surface area contributed by atoms with Crippen LogP contribution in [0.25, 0.3) is 0 Å². The Hall–Kier alpha value is -0.220. The van der Waals surface area contributed by atoms with Crippen LogP contribution in [0.3, 0.4) is 0 Å². The highest BCUT2D eigenvalue weighted by Gasteiger charge is 2.60. The van der Waals surface area contributed by atoms with Crippen molar-refractivity contribution in [1.82, 2.24) is 0 Å². The smallest absolute Gasteiger partial charge is 0.250 e. The first-order chi connectivity index (χ1) is 7.08. The molecule has 0 heterocycles. The molecule has 0 bridgehead atoms. The molecule has 2 atom stereocenters. The predicted molar refractivity (Wildman–Crippen MR) is 58.3 cm³/mol. The van der Waals surface area contributed by atoms with Gasteiger partial charge in [-0.2, -0.15) is 0 Å². The van der Waals surface area contributed by atoms with Crippen LogP contribution >= 0.6 is 0 Å². The van der Waals surface area contributed by atoms with Gasteiger partial charge in [0.05, 0.1) is 11.1 Å². The lowest BCUT2D eigenvalue weighted by atomic mass is 9.75. The lowest BCUT2D eigenvalue weighted by Crippen LogP contribution is -2.58. The maximum absolute atomic E-state index is 13.3. The zero-order valence-corrected chi connectivity index (χ0v) is 10.0. The van der Waals surface area contributed by atoms with E-state index in [-0.39, 0.29) is 24.7 Å². The summed E-state index contributed by atoms with van der Waals surface area (Å²) in [5.74, 6) is -2.70. The maximum atomic E-state index is 13.3. The van der Waals surface area contributed by atoms with Crippen LogP contribution < -0.4 is 5.73 Å². The average molecular weight is 233 g/mol. The molecule has 4 heteroatoms. The summed E-state index contributed by atoms with van der Waals surface area (Å²) in [4.78, 5) is 0. The SMILES string of the molecule is CC1(C)CCC(O)(C2(N)CCC(F)(F)C2)C1. The van der Waals surface area contributed by atoms with Crippen molar-refractivity contribution in [3.05, 3.63) is 0 Å². The van der Waals surface area contributed by atoms with Gasteiger partial charge < -0.3 is 10.8 Å². The second kappa shape index (κ2) is 3.16. The first kappa shape index (κ1) is 12.2. The molecule has 2 aliphatic carbocycles. The monoisotopic (exact) mass is 233 g/mol. The first-order valence-corrected chi connectivity index (χ1v) is 5.97. The Morgan fingerprint density at radius 1 is 1.00 bits per heavy atom. The van der Waals surface area contributed by atoms with Gasteiger partial charge in [-0.3, -0.25) is 0 Å². The molecule has 3 N–H and O–H groups in total. The van der Waals surface area contributed by atoms with Crippen molar-refractivity contribution in [2.45, 2.75) is 69.4 Å². The Morgan fingerprint density at radius 2 is 1.62 bits per heavy atom. The van der Waals surface area contributed by atoms with E-state index in [1.54, 1.807) is 0 Å². The summed E-state index contributed by atoms with van der Waals surface area (Å²) >= 11 is 0. The molecule has 2 aliphatic rings. The van der Waals surface area contributed by atoms with Gasteiger partial charge in [0, 0.05) is 12.8 Å². The van der Waals surface area contributed by atoms with Gasteiger partial charge in [-0.15, -0.1) is 0 Å². The summed E-state index contributed by atoms with van der Waals surface area (Å²) in [6.07, 6.45) is 1.61. The molecule has 2 fully saturated rings. The molecular weight excluding hydrogens is 212 g/mol. The summed E-state index contributed by atoms with van der Waals surface area (Å²) in [6, 6.07) is 0. The van der Waals surface area contributed by atoms with Crippen molar-refractivity contribution in [2.75, 3.05) is 0 Å². The molecule has 0 aliphatic heterocycles. The Morgan fingerprint density at radius 3 is 2.00 bits per heavy atom. The van der Waals surface area contributed by atoms with E-state index < -0.39 is 17.1 Å². The van der Waals surface area contributed by atoms with Gasteiger partial charge in [0.2, 0.25) is 5.92 Å².